The largest absolute Gasteiger partial charge is 0.382 e. The Balaban J connectivity index is 1.77. The number of amides is 1. The molecule has 0 saturated carbocycles. The van der Waals surface area contributed by atoms with Gasteiger partial charge >= 0.3 is 0 Å². The topological polar surface area (TPSA) is 108 Å². The van der Waals surface area contributed by atoms with Crippen molar-refractivity contribution in [2.75, 3.05) is 14.1 Å². The fourth-order valence-corrected chi connectivity index (χ4v) is 4.78. The summed E-state index contributed by atoms with van der Waals surface area (Å²) in [6.45, 7) is 1.34. The molecule has 4 rings (SSSR count). The van der Waals surface area contributed by atoms with Gasteiger partial charge in [-0.15, -0.1) is 11.3 Å². The number of nitrogens with zero attached hydrogens (tertiary/aromatic N) is 6. The average Bonchev–Trinajstić information content (AvgIpc) is 3.53. The standard InChI is InChI=1S/C25H22F2N6O2S/c1-15(23-31-21(12-36-23)17-6-4-16(11-28)5-7-17)25(35,19-9-8-18(26)10-20(19)27)13-33-22(29-14-30-33)24(34)32(2)3/h4-10,12,14-15,35H,13H2,1-3H3/t15-,25+/m0/s1. The molecule has 2 atom stereocenters. The zero-order chi connectivity index (χ0) is 26.0. The molecule has 0 fully saturated rings. The van der Waals surface area contributed by atoms with Crippen LogP contribution in [0.3, 0.4) is 0 Å². The summed E-state index contributed by atoms with van der Waals surface area (Å²) < 4.78 is 29.9. The molecule has 0 saturated heterocycles. The van der Waals surface area contributed by atoms with E-state index in [1.165, 1.54) is 33.3 Å². The van der Waals surface area contributed by atoms with Crippen molar-refractivity contribution in [1.29, 1.82) is 5.26 Å². The molecule has 184 valence electrons. The lowest BCUT2D eigenvalue weighted by Gasteiger charge is -2.34. The van der Waals surface area contributed by atoms with E-state index in [1.54, 1.807) is 50.7 Å². The van der Waals surface area contributed by atoms with E-state index in [2.05, 4.69) is 21.1 Å². The highest BCUT2D eigenvalue weighted by Gasteiger charge is 2.42. The monoisotopic (exact) mass is 508 g/mol. The molecule has 0 spiro atoms. The molecule has 0 bridgehead atoms. The highest BCUT2D eigenvalue weighted by Crippen LogP contribution is 2.41. The number of halogens is 2. The van der Waals surface area contributed by atoms with E-state index in [-0.39, 0.29) is 17.9 Å². The lowest BCUT2D eigenvalue weighted by atomic mass is 9.82. The van der Waals surface area contributed by atoms with E-state index in [0.717, 1.165) is 11.6 Å². The molecule has 0 radical (unpaired) electrons. The van der Waals surface area contributed by atoms with Crippen LogP contribution in [0.2, 0.25) is 0 Å². The summed E-state index contributed by atoms with van der Waals surface area (Å²) >= 11 is 1.27. The highest BCUT2D eigenvalue weighted by atomic mass is 32.1. The predicted octanol–water partition coefficient (Wildman–Crippen LogP) is 3.94. The van der Waals surface area contributed by atoms with E-state index < -0.39 is 29.1 Å². The molecule has 0 aliphatic carbocycles. The van der Waals surface area contributed by atoms with E-state index >= 15 is 4.39 Å². The van der Waals surface area contributed by atoms with Gasteiger partial charge in [-0.3, -0.25) is 4.79 Å². The van der Waals surface area contributed by atoms with Crippen molar-refractivity contribution in [2.45, 2.75) is 25.0 Å². The van der Waals surface area contributed by atoms with Crippen molar-refractivity contribution in [2.24, 2.45) is 0 Å². The summed E-state index contributed by atoms with van der Waals surface area (Å²) in [7, 11) is 3.10. The van der Waals surface area contributed by atoms with Crippen molar-refractivity contribution in [1.82, 2.24) is 24.6 Å². The highest BCUT2D eigenvalue weighted by molar-refractivity contribution is 7.10. The zero-order valence-electron chi connectivity index (χ0n) is 19.7. The lowest BCUT2D eigenvalue weighted by Crippen LogP contribution is -2.39. The molecule has 0 aliphatic heterocycles. The Bertz CT molecular complexity index is 1440. The van der Waals surface area contributed by atoms with E-state index in [0.29, 0.717) is 22.3 Å². The van der Waals surface area contributed by atoms with Crippen molar-refractivity contribution in [3.05, 3.63) is 87.8 Å². The third-order valence-corrected chi connectivity index (χ3v) is 6.95. The first-order valence-corrected chi connectivity index (χ1v) is 11.8. The normalized spacial score (nSPS) is 13.6. The van der Waals surface area contributed by atoms with Crippen molar-refractivity contribution >= 4 is 17.2 Å². The minimum atomic E-state index is -1.97. The van der Waals surface area contributed by atoms with Gasteiger partial charge in [0.1, 0.15) is 23.6 Å². The first kappa shape index (κ1) is 25.1. The summed E-state index contributed by atoms with van der Waals surface area (Å²) in [6.07, 6.45) is 1.18. The van der Waals surface area contributed by atoms with Gasteiger partial charge in [0.15, 0.2) is 0 Å². The Morgan fingerprint density at radius 2 is 1.97 bits per heavy atom. The van der Waals surface area contributed by atoms with Crippen LogP contribution in [-0.4, -0.2) is 49.8 Å². The molecular formula is C25H22F2N6O2S. The van der Waals surface area contributed by atoms with Gasteiger partial charge in [0.25, 0.3) is 5.91 Å². The molecule has 1 N–H and O–H groups in total. The number of hydrogen-bond donors (Lipinski definition) is 1. The summed E-state index contributed by atoms with van der Waals surface area (Å²) in [4.78, 5) is 22.5. The van der Waals surface area contributed by atoms with Gasteiger partial charge < -0.3 is 10.0 Å². The quantitative estimate of drug-likeness (QED) is 0.405. The summed E-state index contributed by atoms with van der Waals surface area (Å²) in [5, 5.41) is 27.4. The molecule has 36 heavy (non-hydrogen) atoms. The van der Waals surface area contributed by atoms with Gasteiger partial charge in [-0.2, -0.15) is 10.4 Å². The smallest absolute Gasteiger partial charge is 0.290 e. The summed E-state index contributed by atoms with van der Waals surface area (Å²) in [5.74, 6) is -2.99. The van der Waals surface area contributed by atoms with Crippen LogP contribution < -0.4 is 0 Å². The van der Waals surface area contributed by atoms with Gasteiger partial charge in [0.2, 0.25) is 5.82 Å². The summed E-state index contributed by atoms with van der Waals surface area (Å²) in [6, 6.07) is 11.9. The van der Waals surface area contributed by atoms with Gasteiger partial charge in [-0.25, -0.2) is 23.4 Å². The molecule has 0 aliphatic rings. The molecule has 0 unspecified atom stereocenters. The first-order valence-electron chi connectivity index (χ1n) is 10.9. The van der Waals surface area contributed by atoms with Crippen LogP contribution in [0.5, 0.6) is 0 Å². The summed E-state index contributed by atoms with van der Waals surface area (Å²) in [5.41, 5.74) is -0.218. The zero-order valence-corrected chi connectivity index (χ0v) is 20.5. The fraction of sp³-hybridized carbons (Fsp3) is 0.240. The average molecular weight is 509 g/mol. The maximum absolute atomic E-state index is 15.0. The first-order chi connectivity index (χ1) is 17.1. The second kappa shape index (κ2) is 9.93. The number of nitriles is 1. The minimum absolute atomic E-state index is 0.0365. The Kier molecular flexibility index (Phi) is 6.92. The number of carbonyl (C=O) groups is 1. The van der Waals surface area contributed by atoms with Crippen LogP contribution in [0.4, 0.5) is 8.78 Å². The molecule has 2 heterocycles. The number of carbonyl (C=O) groups excluding carboxylic acids is 1. The maximum Gasteiger partial charge on any atom is 0.290 e. The molecule has 11 heteroatoms. The van der Waals surface area contributed by atoms with Crippen LogP contribution in [0.1, 0.15) is 39.6 Å². The van der Waals surface area contributed by atoms with E-state index in [9.17, 15) is 14.3 Å². The van der Waals surface area contributed by atoms with Crippen LogP contribution >= 0.6 is 11.3 Å². The Morgan fingerprint density at radius 1 is 1.25 bits per heavy atom. The third-order valence-electron chi connectivity index (χ3n) is 5.92. The lowest BCUT2D eigenvalue weighted by molar-refractivity contribution is -0.0119. The SMILES string of the molecule is C[C@@H](c1nc(-c2ccc(C#N)cc2)cs1)[C@](O)(Cn1ncnc1C(=O)N(C)C)c1ccc(F)cc1F. The van der Waals surface area contributed by atoms with Crippen molar-refractivity contribution < 1.29 is 18.7 Å². The minimum Gasteiger partial charge on any atom is -0.382 e. The molecule has 1 amide bonds. The van der Waals surface area contributed by atoms with Gasteiger partial charge in [0.05, 0.1) is 28.9 Å². The van der Waals surface area contributed by atoms with Crippen LogP contribution in [0, 0.1) is 23.0 Å². The van der Waals surface area contributed by atoms with Crippen molar-refractivity contribution in [3.63, 3.8) is 0 Å². The van der Waals surface area contributed by atoms with Gasteiger partial charge in [-0.1, -0.05) is 25.1 Å². The second-order valence-electron chi connectivity index (χ2n) is 8.47. The molecule has 2 aromatic carbocycles. The van der Waals surface area contributed by atoms with E-state index in [1.807, 2.05) is 0 Å². The maximum atomic E-state index is 15.0. The number of aliphatic hydroxyl groups is 1. The second-order valence-corrected chi connectivity index (χ2v) is 9.36. The number of rotatable bonds is 7. The van der Waals surface area contributed by atoms with E-state index in [4.69, 9.17) is 5.26 Å². The van der Waals surface area contributed by atoms with Gasteiger partial charge in [0, 0.05) is 42.6 Å². The molecule has 8 nitrogen and oxygen atoms in total. The van der Waals surface area contributed by atoms with Crippen molar-refractivity contribution in [3.8, 4) is 17.3 Å². The Morgan fingerprint density at radius 3 is 2.61 bits per heavy atom. The molecule has 2 aromatic heterocycles. The van der Waals surface area contributed by atoms with Gasteiger partial charge in [-0.05, 0) is 18.2 Å². The van der Waals surface area contributed by atoms with Crippen LogP contribution in [0.15, 0.2) is 54.2 Å². The number of aromatic nitrogens is 4. The number of benzene rings is 2. The molecule has 4 aromatic rings. The predicted molar refractivity (Wildman–Crippen MR) is 129 cm³/mol. The molecular weight excluding hydrogens is 486 g/mol. The van der Waals surface area contributed by atoms with Crippen LogP contribution in [-0.2, 0) is 12.1 Å². The number of thiazole rings is 1. The Hall–Kier alpha value is -4.01. The fourth-order valence-electron chi connectivity index (χ4n) is 3.81. The van der Waals surface area contributed by atoms with Crippen LogP contribution in [0.25, 0.3) is 11.3 Å². The Labute approximate surface area is 210 Å². The third kappa shape index (κ3) is 4.73. The number of hydrogen-bond acceptors (Lipinski definition) is 7.